The average Bonchev–Trinajstić information content (AvgIpc) is 2.34. The number of halogens is 2. The Kier molecular flexibility index (Phi) is 4.34. The molecule has 5 heteroatoms. The molecule has 1 aliphatic rings. The third kappa shape index (κ3) is 3.39. The molecule has 0 amide bonds. The first-order valence-corrected chi connectivity index (χ1v) is 6.05. The van der Waals surface area contributed by atoms with Crippen LogP contribution in [0.1, 0.15) is 5.56 Å². The second-order valence-corrected chi connectivity index (χ2v) is 4.64. The molecular weight excluding hydrogens is 243 g/mol. The zero-order chi connectivity index (χ0) is 12.3. The highest BCUT2D eigenvalue weighted by Crippen LogP contribution is 2.17. The van der Waals surface area contributed by atoms with Crippen molar-refractivity contribution in [1.82, 2.24) is 4.90 Å². The molecule has 1 aromatic carbocycles. The van der Waals surface area contributed by atoms with Gasteiger partial charge in [-0.05, 0) is 18.2 Å². The Balaban J connectivity index is 2.02. The molecular formula is C12H16ClFN2O. The fraction of sp³-hybridized carbons (Fsp3) is 0.500. The van der Waals surface area contributed by atoms with E-state index in [1.54, 1.807) is 12.1 Å². The summed E-state index contributed by atoms with van der Waals surface area (Å²) < 4.78 is 19.0. The molecule has 1 atom stereocenters. The fourth-order valence-electron chi connectivity index (χ4n) is 1.97. The molecule has 0 spiro atoms. The molecule has 0 radical (unpaired) electrons. The second-order valence-electron chi connectivity index (χ2n) is 4.20. The molecule has 0 saturated carbocycles. The Morgan fingerprint density at radius 3 is 3.12 bits per heavy atom. The van der Waals surface area contributed by atoms with E-state index in [1.165, 1.54) is 6.07 Å². The Labute approximate surface area is 105 Å². The van der Waals surface area contributed by atoms with Crippen molar-refractivity contribution in [3.05, 3.63) is 34.6 Å². The molecule has 94 valence electrons. The summed E-state index contributed by atoms with van der Waals surface area (Å²) in [6.45, 7) is 3.22. The van der Waals surface area contributed by atoms with Crippen molar-refractivity contribution in [2.24, 2.45) is 5.73 Å². The van der Waals surface area contributed by atoms with Crippen LogP contribution in [0.3, 0.4) is 0 Å². The lowest BCUT2D eigenvalue weighted by atomic mass is 10.1. The van der Waals surface area contributed by atoms with Crippen molar-refractivity contribution in [2.75, 3.05) is 26.2 Å². The van der Waals surface area contributed by atoms with Gasteiger partial charge < -0.3 is 10.5 Å². The second kappa shape index (κ2) is 5.78. The summed E-state index contributed by atoms with van der Waals surface area (Å²) in [6, 6.07) is 4.63. The molecule has 3 nitrogen and oxygen atoms in total. The monoisotopic (exact) mass is 258 g/mol. The molecule has 0 bridgehead atoms. The Bertz CT molecular complexity index is 389. The van der Waals surface area contributed by atoms with Crippen LogP contribution in [0.4, 0.5) is 4.39 Å². The SMILES string of the molecule is NCC1CN(Cc2cc(Cl)ccc2F)CCO1. The van der Waals surface area contributed by atoms with E-state index in [4.69, 9.17) is 22.1 Å². The maximum atomic E-state index is 13.6. The first-order valence-electron chi connectivity index (χ1n) is 5.67. The molecule has 1 aliphatic heterocycles. The number of hydrogen-bond acceptors (Lipinski definition) is 3. The zero-order valence-corrected chi connectivity index (χ0v) is 10.3. The van der Waals surface area contributed by atoms with Gasteiger partial charge in [-0.25, -0.2) is 4.39 Å². The van der Waals surface area contributed by atoms with Crippen LogP contribution in [0.25, 0.3) is 0 Å². The van der Waals surface area contributed by atoms with Crippen molar-refractivity contribution in [3.63, 3.8) is 0 Å². The quantitative estimate of drug-likeness (QED) is 0.896. The molecule has 2 rings (SSSR count). The van der Waals surface area contributed by atoms with E-state index in [0.717, 1.165) is 13.1 Å². The maximum absolute atomic E-state index is 13.6. The zero-order valence-electron chi connectivity index (χ0n) is 9.53. The Morgan fingerprint density at radius 2 is 2.35 bits per heavy atom. The lowest BCUT2D eigenvalue weighted by Crippen LogP contribution is -2.45. The van der Waals surface area contributed by atoms with Crippen molar-refractivity contribution >= 4 is 11.6 Å². The van der Waals surface area contributed by atoms with Gasteiger partial charge in [-0.2, -0.15) is 0 Å². The number of hydrogen-bond donors (Lipinski definition) is 1. The number of morpholine rings is 1. The van der Waals surface area contributed by atoms with Crippen molar-refractivity contribution < 1.29 is 9.13 Å². The number of rotatable bonds is 3. The van der Waals surface area contributed by atoms with E-state index in [2.05, 4.69) is 4.90 Å². The normalized spacial score (nSPS) is 21.7. The molecule has 2 N–H and O–H groups in total. The lowest BCUT2D eigenvalue weighted by molar-refractivity contribution is -0.0263. The maximum Gasteiger partial charge on any atom is 0.127 e. The van der Waals surface area contributed by atoms with E-state index in [1.807, 2.05) is 0 Å². The number of nitrogens with two attached hydrogens (primary N) is 1. The van der Waals surface area contributed by atoms with E-state index in [0.29, 0.717) is 30.3 Å². The van der Waals surface area contributed by atoms with Crippen LogP contribution >= 0.6 is 11.6 Å². The average molecular weight is 259 g/mol. The van der Waals surface area contributed by atoms with Gasteiger partial charge in [-0.1, -0.05) is 11.6 Å². The minimum Gasteiger partial charge on any atom is -0.374 e. The molecule has 0 aliphatic carbocycles. The largest absolute Gasteiger partial charge is 0.374 e. The van der Waals surface area contributed by atoms with Crippen LogP contribution in [0.15, 0.2) is 18.2 Å². The fourth-order valence-corrected chi connectivity index (χ4v) is 2.17. The first kappa shape index (κ1) is 12.8. The van der Waals surface area contributed by atoms with E-state index in [9.17, 15) is 4.39 Å². The van der Waals surface area contributed by atoms with Gasteiger partial charge in [0.1, 0.15) is 5.82 Å². The minimum absolute atomic E-state index is 0.0472. The van der Waals surface area contributed by atoms with Crippen LogP contribution < -0.4 is 5.73 Å². The highest BCUT2D eigenvalue weighted by Gasteiger charge is 2.20. The standard InChI is InChI=1S/C12H16ClFN2O/c13-10-1-2-12(14)9(5-10)7-16-3-4-17-11(6-15)8-16/h1-2,5,11H,3-4,6-8,15H2. The third-order valence-corrected chi connectivity index (χ3v) is 3.12. The van der Waals surface area contributed by atoms with Crippen LogP contribution in [0.2, 0.25) is 5.02 Å². The van der Waals surface area contributed by atoms with E-state index >= 15 is 0 Å². The predicted octanol–water partition coefficient (Wildman–Crippen LogP) is 1.64. The van der Waals surface area contributed by atoms with Crippen molar-refractivity contribution in [2.45, 2.75) is 12.6 Å². The van der Waals surface area contributed by atoms with Crippen LogP contribution in [0.5, 0.6) is 0 Å². The summed E-state index contributed by atoms with van der Waals surface area (Å²) in [5.41, 5.74) is 6.19. The summed E-state index contributed by atoms with van der Waals surface area (Å²) in [6.07, 6.45) is 0.0472. The molecule has 1 saturated heterocycles. The molecule has 0 aromatic heterocycles. The van der Waals surface area contributed by atoms with Crippen LogP contribution in [0, 0.1) is 5.82 Å². The van der Waals surface area contributed by atoms with Gasteiger partial charge in [0.05, 0.1) is 12.7 Å². The number of nitrogens with zero attached hydrogens (tertiary/aromatic N) is 1. The molecule has 1 aromatic rings. The van der Waals surface area contributed by atoms with Gasteiger partial charge in [0, 0.05) is 36.8 Å². The minimum atomic E-state index is -0.217. The van der Waals surface area contributed by atoms with Gasteiger partial charge in [-0.3, -0.25) is 4.90 Å². The third-order valence-electron chi connectivity index (χ3n) is 2.89. The van der Waals surface area contributed by atoms with Gasteiger partial charge in [0.25, 0.3) is 0 Å². The Hall–Kier alpha value is -0.680. The van der Waals surface area contributed by atoms with Crippen LogP contribution in [-0.4, -0.2) is 37.2 Å². The summed E-state index contributed by atoms with van der Waals surface area (Å²) in [5, 5.41) is 0.560. The van der Waals surface area contributed by atoms with Gasteiger partial charge in [-0.15, -0.1) is 0 Å². The van der Waals surface area contributed by atoms with E-state index in [-0.39, 0.29) is 11.9 Å². The number of benzene rings is 1. The topological polar surface area (TPSA) is 38.5 Å². The predicted molar refractivity (Wildman–Crippen MR) is 65.5 cm³/mol. The molecule has 1 unspecified atom stereocenters. The first-order chi connectivity index (χ1) is 8.19. The molecule has 17 heavy (non-hydrogen) atoms. The van der Waals surface area contributed by atoms with Gasteiger partial charge in [0.15, 0.2) is 0 Å². The summed E-state index contributed by atoms with van der Waals surface area (Å²) in [4.78, 5) is 2.13. The van der Waals surface area contributed by atoms with Gasteiger partial charge in [0.2, 0.25) is 0 Å². The number of ether oxygens (including phenoxy) is 1. The molecule has 1 fully saturated rings. The molecule has 1 heterocycles. The van der Waals surface area contributed by atoms with Crippen molar-refractivity contribution in [3.8, 4) is 0 Å². The van der Waals surface area contributed by atoms with Gasteiger partial charge >= 0.3 is 0 Å². The summed E-state index contributed by atoms with van der Waals surface area (Å²) in [7, 11) is 0. The highest BCUT2D eigenvalue weighted by atomic mass is 35.5. The Morgan fingerprint density at radius 1 is 1.53 bits per heavy atom. The van der Waals surface area contributed by atoms with Crippen LogP contribution in [-0.2, 0) is 11.3 Å². The lowest BCUT2D eigenvalue weighted by Gasteiger charge is -2.32. The smallest absolute Gasteiger partial charge is 0.127 e. The van der Waals surface area contributed by atoms with E-state index < -0.39 is 0 Å². The summed E-state index contributed by atoms with van der Waals surface area (Å²) in [5.74, 6) is -0.217. The highest BCUT2D eigenvalue weighted by molar-refractivity contribution is 6.30. The van der Waals surface area contributed by atoms with Crippen molar-refractivity contribution in [1.29, 1.82) is 0 Å². The summed E-state index contributed by atoms with van der Waals surface area (Å²) >= 11 is 5.86.